The van der Waals surface area contributed by atoms with Crippen LogP contribution in [0.1, 0.15) is 26.7 Å². The molecule has 0 aromatic rings. The number of ether oxygens (including phenoxy) is 2. The molecule has 0 fully saturated rings. The smallest absolute Gasteiger partial charge is 0.102 e. The molecule has 3 nitrogen and oxygen atoms in total. The van der Waals surface area contributed by atoms with E-state index in [9.17, 15) is 0 Å². The van der Waals surface area contributed by atoms with E-state index in [-0.39, 0.29) is 0 Å². The van der Waals surface area contributed by atoms with Crippen LogP contribution in [0.3, 0.4) is 0 Å². The van der Waals surface area contributed by atoms with Gasteiger partial charge in [-0.25, -0.2) is 0 Å². The Hall–Kier alpha value is -0.120. The van der Waals surface area contributed by atoms with Crippen molar-refractivity contribution in [3.63, 3.8) is 0 Å². The highest BCUT2D eigenvalue weighted by Crippen LogP contribution is 2.10. The van der Waals surface area contributed by atoms with E-state index in [4.69, 9.17) is 9.47 Å². The van der Waals surface area contributed by atoms with Crippen molar-refractivity contribution >= 4 is 0 Å². The molecule has 0 aliphatic carbocycles. The minimum absolute atomic E-state index is 0.851. The first-order valence-corrected chi connectivity index (χ1v) is 6.07. The average Bonchev–Trinajstić information content (AvgIpc) is 2.24. The molecule has 0 N–H and O–H groups in total. The Labute approximate surface area is 95.0 Å². The van der Waals surface area contributed by atoms with Gasteiger partial charge in [-0.05, 0) is 12.8 Å². The minimum atomic E-state index is 0.851. The fraction of sp³-hybridized carbons (Fsp3) is 1.00. The summed E-state index contributed by atoms with van der Waals surface area (Å²) in [4.78, 5) is 0. The summed E-state index contributed by atoms with van der Waals surface area (Å²) in [7, 11) is 3.56. The first kappa shape index (κ1) is 14.9. The van der Waals surface area contributed by atoms with Crippen LogP contribution < -0.4 is 0 Å². The van der Waals surface area contributed by atoms with Crippen molar-refractivity contribution in [1.29, 1.82) is 0 Å². The summed E-state index contributed by atoms with van der Waals surface area (Å²) in [6.45, 7) is 10.9. The Balaban J connectivity index is 4.26. The molecule has 0 radical (unpaired) electrons. The van der Waals surface area contributed by atoms with Gasteiger partial charge < -0.3 is 14.0 Å². The zero-order valence-corrected chi connectivity index (χ0v) is 10.9. The second-order valence-electron chi connectivity index (χ2n) is 4.22. The lowest BCUT2D eigenvalue weighted by Gasteiger charge is -2.38. The molecule has 0 aromatic carbocycles. The Morgan fingerprint density at radius 3 is 1.40 bits per heavy atom. The summed E-state index contributed by atoms with van der Waals surface area (Å²) >= 11 is 0. The molecule has 0 aliphatic heterocycles. The quantitative estimate of drug-likeness (QED) is 0.522. The van der Waals surface area contributed by atoms with Crippen LogP contribution in [0.4, 0.5) is 0 Å². The van der Waals surface area contributed by atoms with Gasteiger partial charge >= 0.3 is 0 Å². The SMILES string of the molecule is CCC[N+](CCC)(CCOC)CCOC. The van der Waals surface area contributed by atoms with Gasteiger partial charge in [0.1, 0.15) is 13.1 Å². The van der Waals surface area contributed by atoms with Gasteiger partial charge in [0.2, 0.25) is 0 Å². The predicted molar refractivity (Wildman–Crippen MR) is 64.1 cm³/mol. The van der Waals surface area contributed by atoms with Crippen molar-refractivity contribution in [3.05, 3.63) is 0 Å². The largest absolute Gasteiger partial charge is 0.379 e. The van der Waals surface area contributed by atoms with Gasteiger partial charge in [0.15, 0.2) is 0 Å². The lowest BCUT2D eigenvalue weighted by atomic mass is 10.2. The van der Waals surface area contributed by atoms with Crippen molar-refractivity contribution in [2.75, 3.05) is 53.6 Å². The fourth-order valence-corrected chi connectivity index (χ4v) is 2.19. The third-order valence-corrected chi connectivity index (χ3v) is 2.94. The maximum absolute atomic E-state index is 5.21. The van der Waals surface area contributed by atoms with E-state index in [0.717, 1.165) is 30.8 Å². The van der Waals surface area contributed by atoms with Gasteiger partial charge in [0.25, 0.3) is 0 Å². The number of hydrogen-bond donors (Lipinski definition) is 0. The van der Waals surface area contributed by atoms with Crippen LogP contribution in [0.2, 0.25) is 0 Å². The van der Waals surface area contributed by atoms with Crippen molar-refractivity contribution in [1.82, 2.24) is 0 Å². The normalized spacial score (nSPS) is 12.0. The van der Waals surface area contributed by atoms with Crippen LogP contribution >= 0.6 is 0 Å². The van der Waals surface area contributed by atoms with Gasteiger partial charge in [-0.15, -0.1) is 0 Å². The van der Waals surface area contributed by atoms with E-state index in [1.807, 2.05) is 0 Å². The molecule has 0 atom stereocenters. The van der Waals surface area contributed by atoms with Crippen LogP contribution in [-0.2, 0) is 9.47 Å². The Kier molecular flexibility index (Phi) is 9.06. The van der Waals surface area contributed by atoms with Gasteiger partial charge in [0.05, 0.1) is 26.3 Å². The molecule has 0 aromatic heterocycles. The lowest BCUT2D eigenvalue weighted by molar-refractivity contribution is -0.928. The monoisotopic (exact) mass is 218 g/mol. The van der Waals surface area contributed by atoms with E-state index < -0.39 is 0 Å². The number of rotatable bonds is 10. The van der Waals surface area contributed by atoms with Crippen LogP contribution in [0.15, 0.2) is 0 Å². The van der Waals surface area contributed by atoms with Gasteiger partial charge in [-0.1, -0.05) is 13.8 Å². The zero-order valence-electron chi connectivity index (χ0n) is 10.9. The fourth-order valence-electron chi connectivity index (χ4n) is 2.19. The molecule has 0 aliphatic rings. The van der Waals surface area contributed by atoms with E-state index in [2.05, 4.69) is 13.8 Å². The van der Waals surface area contributed by atoms with Crippen LogP contribution in [0.5, 0.6) is 0 Å². The number of hydrogen-bond acceptors (Lipinski definition) is 2. The molecule has 0 bridgehead atoms. The molecule has 92 valence electrons. The molecular weight excluding hydrogens is 190 g/mol. The van der Waals surface area contributed by atoms with Crippen molar-refractivity contribution in [3.8, 4) is 0 Å². The molecule has 3 heteroatoms. The predicted octanol–water partition coefficient (Wildman–Crippen LogP) is 1.92. The van der Waals surface area contributed by atoms with Gasteiger partial charge in [-0.2, -0.15) is 0 Å². The molecular formula is C12H28NO2+. The highest BCUT2D eigenvalue weighted by molar-refractivity contribution is 4.45. The molecule has 0 saturated carbocycles. The summed E-state index contributed by atoms with van der Waals surface area (Å²) in [6, 6.07) is 0. The minimum Gasteiger partial charge on any atom is -0.379 e. The van der Waals surface area contributed by atoms with Gasteiger partial charge in [0, 0.05) is 14.2 Å². The average molecular weight is 218 g/mol. The standard InChI is InChI=1S/C12H28NO2/c1-5-7-13(8-6-2,9-11-14-3)10-12-15-4/h5-12H2,1-4H3/q+1. The number of nitrogens with zero attached hydrogens (tertiary/aromatic N) is 1. The molecule has 0 saturated heterocycles. The van der Waals surface area contributed by atoms with E-state index in [1.54, 1.807) is 14.2 Å². The highest BCUT2D eigenvalue weighted by atomic mass is 16.5. The Bertz CT molecular complexity index is 124. The van der Waals surface area contributed by atoms with E-state index in [0.29, 0.717) is 0 Å². The summed E-state index contributed by atoms with van der Waals surface area (Å²) in [5.74, 6) is 0. The first-order valence-electron chi connectivity index (χ1n) is 6.07. The molecule has 15 heavy (non-hydrogen) atoms. The van der Waals surface area contributed by atoms with Gasteiger partial charge in [-0.3, -0.25) is 0 Å². The third kappa shape index (κ3) is 6.13. The highest BCUT2D eigenvalue weighted by Gasteiger charge is 2.24. The molecule has 0 rings (SSSR count). The summed E-state index contributed by atoms with van der Waals surface area (Å²) in [5.41, 5.74) is 0. The van der Waals surface area contributed by atoms with Crippen LogP contribution in [-0.4, -0.2) is 58.1 Å². The maximum Gasteiger partial charge on any atom is 0.102 e. The Morgan fingerprint density at radius 2 is 1.13 bits per heavy atom. The third-order valence-electron chi connectivity index (χ3n) is 2.94. The molecule has 0 heterocycles. The maximum atomic E-state index is 5.21. The zero-order chi connectivity index (χ0) is 11.6. The second-order valence-corrected chi connectivity index (χ2v) is 4.22. The lowest BCUT2D eigenvalue weighted by Crippen LogP contribution is -2.52. The number of methoxy groups -OCH3 is 2. The van der Waals surface area contributed by atoms with Crippen molar-refractivity contribution in [2.24, 2.45) is 0 Å². The summed E-state index contributed by atoms with van der Waals surface area (Å²) in [5, 5.41) is 0. The van der Waals surface area contributed by atoms with E-state index in [1.165, 1.54) is 25.9 Å². The molecule has 0 unspecified atom stereocenters. The Morgan fingerprint density at radius 1 is 0.733 bits per heavy atom. The van der Waals surface area contributed by atoms with Crippen LogP contribution in [0.25, 0.3) is 0 Å². The first-order chi connectivity index (χ1) is 7.24. The second kappa shape index (κ2) is 9.13. The van der Waals surface area contributed by atoms with Crippen molar-refractivity contribution in [2.45, 2.75) is 26.7 Å². The van der Waals surface area contributed by atoms with Crippen LogP contribution in [0, 0.1) is 0 Å². The number of quaternary nitrogens is 1. The van der Waals surface area contributed by atoms with Crippen molar-refractivity contribution < 1.29 is 14.0 Å². The molecule has 0 spiro atoms. The molecule has 0 amide bonds. The van der Waals surface area contributed by atoms with E-state index >= 15 is 0 Å². The topological polar surface area (TPSA) is 18.5 Å². The summed E-state index contributed by atoms with van der Waals surface area (Å²) in [6.07, 6.45) is 2.46. The summed E-state index contributed by atoms with van der Waals surface area (Å²) < 4.78 is 11.6.